The molecule has 0 aliphatic heterocycles. The van der Waals surface area contributed by atoms with E-state index in [9.17, 15) is 0 Å². The zero-order valence-corrected chi connectivity index (χ0v) is 12.4. The molecule has 0 radical (unpaired) electrons. The molecular formula is C16H18N6. The van der Waals surface area contributed by atoms with Crippen LogP contribution >= 0.6 is 0 Å². The van der Waals surface area contributed by atoms with Crippen LogP contribution in [0.2, 0.25) is 0 Å². The first-order valence-corrected chi connectivity index (χ1v) is 7.14. The van der Waals surface area contributed by atoms with E-state index in [1.54, 1.807) is 0 Å². The topological polar surface area (TPSA) is 80.6 Å². The lowest BCUT2D eigenvalue weighted by atomic mass is 10.2. The molecule has 0 aliphatic carbocycles. The van der Waals surface area contributed by atoms with Crippen LogP contribution in [0.1, 0.15) is 11.4 Å². The fraction of sp³-hybridized carbons (Fsp3) is 0.188. The molecule has 0 spiro atoms. The maximum Gasteiger partial charge on any atom is 0.193 e. The summed E-state index contributed by atoms with van der Waals surface area (Å²) < 4.78 is 1.96. The third-order valence-corrected chi connectivity index (χ3v) is 3.33. The van der Waals surface area contributed by atoms with Gasteiger partial charge in [-0.3, -0.25) is 9.39 Å². The summed E-state index contributed by atoms with van der Waals surface area (Å²) in [6, 6.07) is 13.8. The minimum absolute atomic E-state index is 0.401. The van der Waals surface area contributed by atoms with Gasteiger partial charge in [-0.1, -0.05) is 23.8 Å². The Balaban J connectivity index is 1.60. The monoisotopic (exact) mass is 294 g/mol. The van der Waals surface area contributed by atoms with E-state index >= 15 is 0 Å². The predicted molar refractivity (Wildman–Crippen MR) is 88.0 cm³/mol. The van der Waals surface area contributed by atoms with Gasteiger partial charge in [-0.15, -0.1) is 10.2 Å². The minimum Gasteiger partial charge on any atom is -0.370 e. The van der Waals surface area contributed by atoms with Crippen molar-refractivity contribution in [2.24, 2.45) is 10.7 Å². The van der Waals surface area contributed by atoms with Crippen LogP contribution in [0.4, 0.5) is 5.69 Å². The van der Waals surface area contributed by atoms with Crippen LogP contribution in [0.15, 0.2) is 53.7 Å². The summed E-state index contributed by atoms with van der Waals surface area (Å²) in [4.78, 5) is 4.33. The summed E-state index contributed by atoms with van der Waals surface area (Å²) in [5.41, 5.74) is 8.87. The number of aryl methyl sites for hydroxylation is 1. The predicted octanol–water partition coefficient (Wildman–Crippen LogP) is 2.01. The first-order valence-electron chi connectivity index (χ1n) is 7.14. The molecule has 6 nitrogen and oxygen atoms in total. The zero-order chi connectivity index (χ0) is 15.4. The Hall–Kier alpha value is -2.89. The van der Waals surface area contributed by atoms with Gasteiger partial charge < -0.3 is 11.1 Å². The second-order valence-corrected chi connectivity index (χ2v) is 5.05. The summed E-state index contributed by atoms with van der Waals surface area (Å²) in [5.74, 6) is 1.28. The lowest BCUT2D eigenvalue weighted by molar-refractivity contribution is 0.847. The Morgan fingerprint density at radius 3 is 2.82 bits per heavy atom. The van der Waals surface area contributed by atoms with Gasteiger partial charge in [-0.25, -0.2) is 0 Å². The fourth-order valence-electron chi connectivity index (χ4n) is 2.16. The van der Waals surface area contributed by atoms with E-state index in [-0.39, 0.29) is 0 Å². The second-order valence-electron chi connectivity index (χ2n) is 5.05. The van der Waals surface area contributed by atoms with Gasteiger partial charge in [0.25, 0.3) is 0 Å². The van der Waals surface area contributed by atoms with E-state index in [4.69, 9.17) is 5.73 Å². The lowest BCUT2D eigenvalue weighted by Gasteiger charge is -2.05. The zero-order valence-electron chi connectivity index (χ0n) is 12.4. The fourth-order valence-corrected chi connectivity index (χ4v) is 2.16. The van der Waals surface area contributed by atoms with Crippen molar-refractivity contribution < 1.29 is 0 Å². The molecule has 0 fully saturated rings. The number of benzene rings is 1. The standard InChI is InChI=1S/C16H18N6/c1-12-5-7-13(8-6-12)19-16(17)18-10-9-15-21-20-14-4-2-3-11-22(14)15/h2-8,11H,9-10H2,1H3,(H3,17,18,19). The van der Waals surface area contributed by atoms with Gasteiger partial charge in [0.2, 0.25) is 0 Å². The van der Waals surface area contributed by atoms with E-state index < -0.39 is 0 Å². The Morgan fingerprint density at radius 1 is 1.18 bits per heavy atom. The van der Waals surface area contributed by atoms with Crippen LogP contribution in [-0.4, -0.2) is 27.1 Å². The van der Waals surface area contributed by atoms with Crippen molar-refractivity contribution in [3.63, 3.8) is 0 Å². The highest BCUT2D eigenvalue weighted by molar-refractivity contribution is 5.92. The van der Waals surface area contributed by atoms with Crippen LogP contribution in [0.3, 0.4) is 0 Å². The van der Waals surface area contributed by atoms with E-state index in [0.29, 0.717) is 18.9 Å². The number of fused-ring (bicyclic) bond motifs is 1. The number of rotatable bonds is 4. The normalized spacial score (nSPS) is 11.8. The first-order chi connectivity index (χ1) is 10.7. The molecule has 112 valence electrons. The molecule has 0 unspecified atom stereocenters. The van der Waals surface area contributed by atoms with Gasteiger partial charge in [0, 0.05) is 24.8 Å². The summed E-state index contributed by atoms with van der Waals surface area (Å²) >= 11 is 0. The van der Waals surface area contributed by atoms with Crippen LogP contribution in [0.5, 0.6) is 0 Å². The molecule has 0 bridgehead atoms. The molecule has 1 aromatic carbocycles. The highest BCUT2D eigenvalue weighted by Crippen LogP contribution is 2.08. The largest absolute Gasteiger partial charge is 0.370 e. The molecule has 2 heterocycles. The Morgan fingerprint density at radius 2 is 2.00 bits per heavy atom. The van der Waals surface area contributed by atoms with Gasteiger partial charge >= 0.3 is 0 Å². The minimum atomic E-state index is 0.401. The Bertz CT molecular complexity index is 788. The maximum atomic E-state index is 5.89. The summed E-state index contributed by atoms with van der Waals surface area (Å²) in [5, 5.41) is 11.3. The molecule has 0 saturated carbocycles. The van der Waals surface area contributed by atoms with Crippen molar-refractivity contribution in [1.82, 2.24) is 14.6 Å². The number of guanidine groups is 1. The molecule has 0 saturated heterocycles. The number of hydrogen-bond acceptors (Lipinski definition) is 3. The van der Waals surface area contributed by atoms with Crippen molar-refractivity contribution in [2.45, 2.75) is 13.3 Å². The Labute approximate surface area is 128 Å². The summed E-state index contributed by atoms with van der Waals surface area (Å²) in [7, 11) is 0. The quantitative estimate of drug-likeness (QED) is 0.570. The van der Waals surface area contributed by atoms with Crippen LogP contribution in [0.25, 0.3) is 5.65 Å². The smallest absolute Gasteiger partial charge is 0.193 e. The molecule has 0 amide bonds. The number of aliphatic imine (C=N–C) groups is 1. The van der Waals surface area contributed by atoms with Crippen LogP contribution < -0.4 is 11.1 Å². The molecule has 3 N–H and O–H groups in total. The number of anilines is 1. The van der Waals surface area contributed by atoms with Crippen molar-refractivity contribution in [3.05, 3.63) is 60.0 Å². The van der Waals surface area contributed by atoms with Gasteiger partial charge in [-0.05, 0) is 31.2 Å². The average molecular weight is 294 g/mol. The molecule has 0 atom stereocenters. The SMILES string of the molecule is Cc1ccc(NC(N)=NCCc2nnc3ccccn23)cc1. The van der Waals surface area contributed by atoms with Gasteiger partial charge in [-0.2, -0.15) is 0 Å². The molecule has 3 rings (SSSR count). The lowest BCUT2D eigenvalue weighted by Crippen LogP contribution is -2.23. The highest BCUT2D eigenvalue weighted by Gasteiger charge is 2.03. The van der Waals surface area contributed by atoms with E-state index in [0.717, 1.165) is 17.2 Å². The molecule has 6 heteroatoms. The third-order valence-electron chi connectivity index (χ3n) is 3.33. The van der Waals surface area contributed by atoms with Gasteiger partial charge in [0.1, 0.15) is 5.82 Å². The Kier molecular flexibility index (Phi) is 4.00. The number of pyridine rings is 1. The second kappa shape index (κ2) is 6.26. The number of nitrogens with two attached hydrogens (primary N) is 1. The number of nitrogens with one attached hydrogen (secondary N) is 1. The highest BCUT2D eigenvalue weighted by atomic mass is 15.2. The molecule has 22 heavy (non-hydrogen) atoms. The average Bonchev–Trinajstić information content (AvgIpc) is 2.93. The molecule has 0 aliphatic rings. The van der Waals surface area contributed by atoms with Crippen molar-refractivity contribution in [2.75, 3.05) is 11.9 Å². The van der Waals surface area contributed by atoms with E-state index in [2.05, 4.69) is 20.5 Å². The number of aromatic nitrogens is 3. The molecule has 3 aromatic rings. The van der Waals surface area contributed by atoms with E-state index in [1.807, 2.05) is 60.0 Å². The maximum absolute atomic E-state index is 5.89. The van der Waals surface area contributed by atoms with Crippen LogP contribution in [0, 0.1) is 6.92 Å². The van der Waals surface area contributed by atoms with Gasteiger partial charge in [0.05, 0.1) is 0 Å². The summed E-state index contributed by atoms with van der Waals surface area (Å²) in [6.07, 6.45) is 2.63. The summed E-state index contributed by atoms with van der Waals surface area (Å²) in [6.45, 7) is 2.60. The van der Waals surface area contributed by atoms with Crippen molar-refractivity contribution in [1.29, 1.82) is 0 Å². The van der Waals surface area contributed by atoms with Crippen molar-refractivity contribution >= 4 is 17.3 Å². The first kappa shape index (κ1) is 14.1. The number of nitrogens with zero attached hydrogens (tertiary/aromatic N) is 4. The molecule has 2 aromatic heterocycles. The van der Waals surface area contributed by atoms with Crippen LogP contribution in [-0.2, 0) is 6.42 Å². The number of hydrogen-bond donors (Lipinski definition) is 2. The van der Waals surface area contributed by atoms with Crippen molar-refractivity contribution in [3.8, 4) is 0 Å². The third kappa shape index (κ3) is 3.22. The van der Waals surface area contributed by atoms with Gasteiger partial charge in [0.15, 0.2) is 11.6 Å². The molecular weight excluding hydrogens is 276 g/mol. The van der Waals surface area contributed by atoms with E-state index in [1.165, 1.54) is 5.56 Å².